The molecule has 2 aromatic carbocycles. The quantitative estimate of drug-likeness (QED) is 0.849. The van der Waals surface area contributed by atoms with E-state index in [1.165, 1.54) is 0 Å². The zero-order chi connectivity index (χ0) is 15.7. The highest BCUT2D eigenvalue weighted by atomic mass is 16.5. The third-order valence-corrected chi connectivity index (χ3v) is 3.90. The molecule has 4 nitrogen and oxygen atoms in total. The number of rotatable bonds is 2. The molecular weight excluding hydrogens is 276 g/mol. The maximum atomic E-state index is 6.03. The maximum Gasteiger partial charge on any atom is 0.128 e. The molecule has 0 bridgehead atoms. The summed E-state index contributed by atoms with van der Waals surface area (Å²) in [6.45, 7) is 1.04. The lowest BCUT2D eigenvalue weighted by atomic mass is 10.1. The molecule has 1 heterocycles. The van der Waals surface area contributed by atoms with Gasteiger partial charge in [-0.25, -0.2) is 0 Å². The van der Waals surface area contributed by atoms with Crippen LogP contribution in [0.4, 0.5) is 11.4 Å². The van der Waals surface area contributed by atoms with Crippen molar-refractivity contribution < 1.29 is 9.47 Å². The Morgan fingerprint density at radius 2 is 1.09 bits per heavy atom. The molecule has 0 amide bonds. The van der Waals surface area contributed by atoms with Gasteiger partial charge >= 0.3 is 0 Å². The van der Waals surface area contributed by atoms with Gasteiger partial charge in [-0.1, -0.05) is 0 Å². The molecule has 0 radical (unpaired) electrons. The minimum absolute atomic E-state index is 0.521. The summed E-state index contributed by atoms with van der Waals surface area (Å²) in [5.74, 6) is 1.79. The second-order valence-corrected chi connectivity index (χ2v) is 5.95. The third-order valence-electron chi connectivity index (χ3n) is 3.90. The summed E-state index contributed by atoms with van der Waals surface area (Å²) in [4.78, 5) is 4.14. The van der Waals surface area contributed by atoms with E-state index in [-0.39, 0.29) is 0 Å². The van der Waals surface area contributed by atoms with Gasteiger partial charge < -0.3 is 19.3 Å². The van der Waals surface area contributed by atoms with E-state index in [0.717, 1.165) is 34.0 Å². The molecule has 2 aromatic rings. The predicted molar refractivity (Wildman–Crippen MR) is 90.2 cm³/mol. The highest BCUT2D eigenvalue weighted by molar-refractivity contribution is 5.55. The molecule has 0 spiro atoms. The lowest BCUT2D eigenvalue weighted by Crippen LogP contribution is -2.13. The molecule has 0 unspecified atom stereocenters. The van der Waals surface area contributed by atoms with E-state index >= 15 is 0 Å². The van der Waals surface area contributed by atoms with Gasteiger partial charge in [0.1, 0.15) is 24.7 Å². The first-order chi connectivity index (χ1) is 10.5. The topological polar surface area (TPSA) is 24.9 Å². The average molecular weight is 298 g/mol. The molecule has 0 aliphatic carbocycles. The molecule has 22 heavy (non-hydrogen) atoms. The predicted octanol–water partition coefficient (Wildman–Crippen LogP) is 3.29. The van der Waals surface area contributed by atoms with Gasteiger partial charge in [0.15, 0.2) is 0 Å². The summed E-state index contributed by atoms with van der Waals surface area (Å²) in [5.41, 5.74) is 4.41. The van der Waals surface area contributed by atoms with Crippen molar-refractivity contribution in [2.24, 2.45) is 0 Å². The minimum atomic E-state index is 0.521. The van der Waals surface area contributed by atoms with E-state index in [1.807, 2.05) is 28.2 Å². The Morgan fingerprint density at radius 3 is 1.45 bits per heavy atom. The van der Waals surface area contributed by atoms with Crippen molar-refractivity contribution in [1.29, 1.82) is 0 Å². The number of nitrogens with zero attached hydrogens (tertiary/aromatic N) is 2. The number of hydrogen-bond donors (Lipinski definition) is 0. The SMILES string of the molecule is CN(C)c1ccc2c(c1)OCc1ccc(N(C)C)cc1OC2. The van der Waals surface area contributed by atoms with Crippen molar-refractivity contribution in [2.75, 3.05) is 38.0 Å². The van der Waals surface area contributed by atoms with Gasteiger partial charge in [-0.15, -0.1) is 0 Å². The Kier molecular flexibility index (Phi) is 3.84. The third kappa shape index (κ3) is 2.82. The Balaban J connectivity index is 1.90. The van der Waals surface area contributed by atoms with E-state index in [4.69, 9.17) is 9.47 Å². The monoisotopic (exact) mass is 298 g/mol. The first-order valence-corrected chi connectivity index (χ1v) is 7.40. The molecule has 0 saturated carbocycles. The summed E-state index contributed by atoms with van der Waals surface area (Å²) in [6.07, 6.45) is 0. The highest BCUT2D eigenvalue weighted by Crippen LogP contribution is 2.33. The van der Waals surface area contributed by atoms with Crippen LogP contribution >= 0.6 is 0 Å². The number of hydrogen-bond acceptors (Lipinski definition) is 4. The number of ether oxygens (including phenoxy) is 2. The van der Waals surface area contributed by atoms with Gasteiger partial charge in [-0.05, 0) is 24.3 Å². The van der Waals surface area contributed by atoms with E-state index in [2.05, 4.69) is 46.2 Å². The average Bonchev–Trinajstić information content (AvgIpc) is 2.48. The molecule has 4 heteroatoms. The number of fused-ring (bicyclic) bond motifs is 2. The van der Waals surface area contributed by atoms with Gasteiger partial charge in [0.05, 0.1) is 0 Å². The summed E-state index contributed by atoms with van der Waals surface area (Å²) in [5, 5.41) is 0. The van der Waals surface area contributed by atoms with Crippen molar-refractivity contribution in [1.82, 2.24) is 0 Å². The van der Waals surface area contributed by atoms with Crippen LogP contribution in [0.2, 0.25) is 0 Å². The lowest BCUT2D eigenvalue weighted by molar-refractivity contribution is 0.243. The maximum absolute atomic E-state index is 6.03. The second kappa shape index (κ2) is 5.79. The number of anilines is 2. The van der Waals surface area contributed by atoms with Gasteiger partial charge in [-0.2, -0.15) is 0 Å². The van der Waals surface area contributed by atoms with Crippen LogP contribution in [0.3, 0.4) is 0 Å². The highest BCUT2D eigenvalue weighted by Gasteiger charge is 2.15. The fourth-order valence-corrected chi connectivity index (χ4v) is 2.46. The first-order valence-electron chi connectivity index (χ1n) is 7.40. The van der Waals surface area contributed by atoms with Crippen molar-refractivity contribution in [2.45, 2.75) is 13.2 Å². The van der Waals surface area contributed by atoms with Gasteiger partial charge in [0.2, 0.25) is 0 Å². The Hall–Kier alpha value is -2.36. The Bertz CT molecular complexity index is 621. The molecule has 0 saturated heterocycles. The molecule has 1 aliphatic heterocycles. The van der Waals surface area contributed by atoms with Crippen LogP contribution in [0.5, 0.6) is 11.5 Å². The molecule has 3 rings (SSSR count). The van der Waals surface area contributed by atoms with Crippen LogP contribution in [-0.4, -0.2) is 28.2 Å². The van der Waals surface area contributed by atoms with Crippen LogP contribution in [-0.2, 0) is 13.2 Å². The van der Waals surface area contributed by atoms with Crippen LogP contribution < -0.4 is 19.3 Å². The fraction of sp³-hybridized carbons (Fsp3) is 0.333. The van der Waals surface area contributed by atoms with Crippen LogP contribution in [0.25, 0.3) is 0 Å². The van der Waals surface area contributed by atoms with E-state index in [9.17, 15) is 0 Å². The molecule has 0 fully saturated rings. The lowest BCUT2D eigenvalue weighted by Gasteiger charge is -2.22. The summed E-state index contributed by atoms with van der Waals surface area (Å²) in [6, 6.07) is 12.5. The van der Waals surface area contributed by atoms with Crippen molar-refractivity contribution in [3.8, 4) is 11.5 Å². The molecule has 1 aliphatic rings. The van der Waals surface area contributed by atoms with Gasteiger partial charge in [0.25, 0.3) is 0 Å². The molecule has 0 aromatic heterocycles. The summed E-state index contributed by atoms with van der Waals surface area (Å²) >= 11 is 0. The largest absolute Gasteiger partial charge is 0.488 e. The van der Waals surface area contributed by atoms with Crippen LogP contribution in [0.15, 0.2) is 36.4 Å². The zero-order valence-electron chi connectivity index (χ0n) is 13.6. The van der Waals surface area contributed by atoms with Crippen molar-refractivity contribution in [3.05, 3.63) is 47.5 Å². The zero-order valence-corrected chi connectivity index (χ0v) is 13.6. The molecular formula is C18H22N2O2. The molecule has 0 atom stereocenters. The smallest absolute Gasteiger partial charge is 0.128 e. The Labute approximate surface area is 131 Å². The van der Waals surface area contributed by atoms with Crippen molar-refractivity contribution >= 4 is 11.4 Å². The van der Waals surface area contributed by atoms with E-state index < -0.39 is 0 Å². The summed E-state index contributed by atoms with van der Waals surface area (Å²) in [7, 11) is 8.11. The second-order valence-electron chi connectivity index (χ2n) is 5.95. The van der Waals surface area contributed by atoms with Gasteiger partial charge in [-0.3, -0.25) is 0 Å². The van der Waals surface area contributed by atoms with E-state index in [0.29, 0.717) is 13.2 Å². The first kappa shape index (κ1) is 14.6. The van der Waals surface area contributed by atoms with Gasteiger partial charge in [0, 0.05) is 62.8 Å². The van der Waals surface area contributed by atoms with Crippen LogP contribution in [0.1, 0.15) is 11.1 Å². The molecule has 0 N–H and O–H groups in total. The van der Waals surface area contributed by atoms with E-state index in [1.54, 1.807) is 0 Å². The normalized spacial score (nSPS) is 12.9. The minimum Gasteiger partial charge on any atom is -0.488 e. The fourth-order valence-electron chi connectivity index (χ4n) is 2.46. The summed E-state index contributed by atoms with van der Waals surface area (Å²) < 4.78 is 12.1. The molecule has 116 valence electrons. The number of benzene rings is 2. The Morgan fingerprint density at radius 1 is 0.682 bits per heavy atom. The van der Waals surface area contributed by atoms with Crippen molar-refractivity contribution in [3.63, 3.8) is 0 Å². The van der Waals surface area contributed by atoms with Crippen LogP contribution in [0, 0.1) is 0 Å². The standard InChI is InChI=1S/C18H22N2O2/c1-19(2)15-7-5-13-11-22-18-10-16(20(3)4)8-6-14(18)12-21-17(13)9-15/h5-10H,11-12H2,1-4H3.